The van der Waals surface area contributed by atoms with E-state index in [1.165, 1.54) is 25.1 Å². The lowest BCUT2D eigenvalue weighted by atomic mass is 10.2. The fourth-order valence-corrected chi connectivity index (χ4v) is 2.21. The number of likely N-dealkylation sites (tertiary alicyclic amines) is 1. The van der Waals surface area contributed by atoms with Crippen molar-refractivity contribution in [1.82, 2.24) is 15.2 Å². The first kappa shape index (κ1) is 13.0. The molecule has 1 fully saturated rings. The Kier molecular flexibility index (Phi) is 4.25. The van der Waals surface area contributed by atoms with Crippen LogP contribution in [0, 0.1) is 5.82 Å². The summed E-state index contributed by atoms with van der Waals surface area (Å²) < 4.78 is 13.3. The number of carbonyl (C=O) groups excluding carboxylic acids is 1. The Balaban J connectivity index is 1.86. The van der Waals surface area contributed by atoms with Crippen LogP contribution in [-0.2, 0) is 0 Å². The average molecular weight is 251 g/mol. The molecule has 1 saturated heterocycles. The molecule has 1 aromatic heterocycles. The average Bonchev–Trinajstić information content (AvgIpc) is 2.90. The monoisotopic (exact) mass is 251 g/mol. The number of hydrogen-bond donors (Lipinski definition) is 1. The summed E-state index contributed by atoms with van der Waals surface area (Å²) in [4.78, 5) is 17.7. The van der Waals surface area contributed by atoms with Crippen molar-refractivity contribution in [3.63, 3.8) is 0 Å². The molecule has 1 unspecified atom stereocenters. The van der Waals surface area contributed by atoms with Crippen LogP contribution in [0.2, 0.25) is 0 Å². The lowest BCUT2D eigenvalue weighted by molar-refractivity contribution is 0.0936. The Morgan fingerprint density at radius 1 is 1.56 bits per heavy atom. The summed E-state index contributed by atoms with van der Waals surface area (Å²) in [5.74, 6) is -0.954. The molecule has 0 bridgehead atoms. The van der Waals surface area contributed by atoms with Crippen LogP contribution in [-0.4, -0.2) is 41.5 Å². The Morgan fingerprint density at radius 2 is 2.28 bits per heavy atom. The minimum Gasteiger partial charge on any atom is -0.350 e. The normalized spacial score (nSPS) is 17.7. The minimum atomic E-state index is -0.580. The van der Waals surface area contributed by atoms with Crippen LogP contribution in [0.15, 0.2) is 18.5 Å². The molecule has 1 aliphatic rings. The van der Waals surface area contributed by atoms with E-state index in [9.17, 15) is 9.18 Å². The first-order valence-corrected chi connectivity index (χ1v) is 6.30. The predicted molar refractivity (Wildman–Crippen MR) is 66.8 cm³/mol. The molecule has 1 N–H and O–H groups in total. The summed E-state index contributed by atoms with van der Waals surface area (Å²) in [7, 11) is 0. The van der Waals surface area contributed by atoms with Gasteiger partial charge in [0, 0.05) is 18.8 Å². The Morgan fingerprint density at radius 3 is 2.94 bits per heavy atom. The van der Waals surface area contributed by atoms with Gasteiger partial charge >= 0.3 is 0 Å². The molecular weight excluding hydrogens is 233 g/mol. The molecule has 0 saturated carbocycles. The molecule has 18 heavy (non-hydrogen) atoms. The number of halogens is 1. The topological polar surface area (TPSA) is 45.2 Å². The zero-order valence-corrected chi connectivity index (χ0v) is 10.5. The number of amides is 1. The molecule has 1 aliphatic heterocycles. The number of pyridine rings is 1. The van der Waals surface area contributed by atoms with Gasteiger partial charge in [-0.05, 0) is 38.9 Å². The quantitative estimate of drug-likeness (QED) is 0.880. The molecule has 0 aliphatic carbocycles. The molecule has 1 aromatic rings. The molecule has 2 heterocycles. The molecule has 4 nitrogen and oxygen atoms in total. The van der Waals surface area contributed by atoms with E-state index in [1.54, 1.807) is 0 Å². The molecule has 0 spiro atoms. The third kappa shape index (κ3) is 3.04. The van der Waals surface area contributed by atoms with Gasteiger partial charge in [0.1, 0.15) is 0 Å². The molecule has 0 aromatic carbocycles. The molecule has 5 heteroatoms. The van der Waals surface area contributed by atoms with Crippen molar-refractivity contribution in [2.75, 3.05) is 19.6 Å². The van der Waals surface area contributed by atoms with Gasteiger partial charge in [-0.1, -0.05) is 0 Å². The van der Waals surface area contributed by atoms with E-state index in [2.05, 4.69) is 22.1 Å². The van der Waals surface area contributed by atoms with Crippen molar-refractivity contribution in [3.8, 4) is 0 Å². The first-order chi connectivity index (χ1) is 8.68. The van der Waals surface area contributed by atoms with Crippen molar-refractivity contribution >= 4 is 5.91 Å². The second kappa shape index (κ2) is 5.91. The van der Waals surface area contributed by atoms with Crippen molar-refractivity contribution in [2.45, 2.75) is 25.8 Å². The highest BCUT2D eigenvalue weighted by Crippen LogP contribution is 2.11. The van der Waals surface area contributed by atoms with Gasteiger partial charge < -0.3 is 5.32 Å². The fourth-order valence-electron chi connectivity index (χ4n) is 2.21. The third-order valence-corrected chi connectivity index (χ3v) is 3.34. The zero-order valence-electron chi connectivity index (χ0n) is 10.5. The van der Waals surface area contributed by atoms with E-state index in [1.807, 2.05) is 0 Å². The zero-order chi connectivity index (χ0) is 13.0. The summed E-state index contributed by atoms with van der Waals surface area (Å²) in [6.45, 7) is 4.79. The van der Waals surface area contributed by atoms with Gasteiger partial charge in [-0.3, -0.25) is 14.7 Å². The molecule has 0 radical (unpaired) electrons. The van der Waals surface area contributed by atoms with Gasteiger partial charge in [0.25, 0.3) is 5.91 Å². The summed E-state index contributed by atoms with van der Waals surface area (Å²) in [6.07, 6.45) is 4.91. The summed E-state index contributed by atoms with van der Waals surface area (Å²) in [5.41, 5.74) is 0.0543. The van der Waals surface area contributed by atoms with Crippen LogP contribution in [0.4, 0.5) is 4.39 Å². The molecular formula is C13H18FN3O. The number of carbonyl (C=O) groups is 1. The van der Waals surface area contributed by atoms with Crippen molar-refractivity contribution in [1.29, 1.82) is 0 Å². The van der Waals surface area contributed by atoms with E-state index in [4.69, 9.17) is 0 Å². The second-order valence-electron chi connectivity index (χ2n) is 4.66. The number of hydrogen-bond acceptors (Lipinski definition) is 3. The van der Waals surface area contributed by atoms with Gasteiger partial charge in [0.05, 0.1) is 11.8 Å². The SMILES string of the molecule is CC(CNC(=O)c1ccncc1F)N1CCCC1. The maximum atomic E-state index is 13.3. The summed E-state index contributed by atoms with van der Waals surface area (Å²) in [5, 5.41) is 2.77. The van der Waals surface area contributed by atoms with Crippen molar-refractivity contribution in [3.05, 3.63) is 29.8 Å². The summed E-state index contributed by atoms with van der Waals surface area (Å²) >= 11 is 0. The maximum absolute atomic E-state index is 13.3. The van der Waals surface area contributed by atoms with Gasteiger partial charge in [0.2, 0.25) is 0 Å². The van der Waals surface area contributed by atoms with E-state index in [0.717, 1.165) is 19.3 Å². The first-order valence-electron chi connectivity index (χ1n) is 6.30. The van der Waals surface area contributed by atoms with Crippen LogP contribution >= 0.6 is 0 Å². The Bertz CT molecular complexity index is 418. The van der Waals surface area contributed by atoms with Crippen LogP contribution in [0.3, 0.4) is 0 Å². The molecule has 2 rings (SSSR count). The lowest BCUT2D eigenvalue weighted by Crippen LogP contribution is -2.40. The third-order valence-electron chi connectivity index (χ3n) is 3.34. The molecule has 1 amide bonds. The molecule has 1 atom stereocenters. The van der Waals surface area contributed by atoms with Crippen LogP contribution < -0.4 is 5.32 Å². The van der Waals surface area contributed by atoms with Gasteiger partial charge in [0.15, 0.2) is 5.82 Å². The highest BCUT2D eigenvalue weighted by atomic mass is 19.1. The van der Waals surface area contributed by atoms with Gasteiger partial charge in [-0.2, -0.15) is 0 Å². The Hall–Kier alpha value is -1.49. The van der Waals surface area contributed by atoms with Gasteiger partial charge in [-0.25, -0.2) is 4.39 Å². The number of nitrogens with one attached hydrogen (secondary N) is 1. The van der Waals surface area contributed by atoms with E-state index in [0.29, 0.717) is 12.6 Å². The number of aromatic nitrogens is 1. The smallest absolute Gasteiger partial charge is 0.254 e. The van der Waals surface area contributed by atoms with Crippen LogP contribution in [0.1, 0.15) is 30.1 Å². The van der Waals surface area contributed by atoms with Crippen molar-refractivity contribution < 1.29 is 9.18 Å². The second-order valence-corrected chi connectivity index (χ2v) is 4.66. The predicted octanol–water partition coefficient (Wildman–Crippen LogP) is 1.43. The lowest BCUT2D eigenvalue weighted by Gasteiger charge is -2.23. The van der Waals surface area contributed by atoms with E-state index in [-0.39, 0.29) is 11.5 Å². The van der Waals surface area contributed by atoms with E-state index < -0.39 is 5.82 Å². The standard InChI is InChI=1S/C13H18FN3O/c1-10(17-6-2-3-7-17)8-16-13(18)11-4-5-15-9-12(11)14/h4-5,9-10H,2-3,6-8H2,1H3,(H,16,18). The Labute approximate surface area is 106 Å². The largest absolute Gasteiger partial charge is 0.350 e. The maximum Gasteiger partial charge on any atom is 0.254 e. The minimum absolute atomic E-state index is 0.0543. The number of rotatable bonds is 4. The van der Waals surface area contributed by atoms with Gasteiger partial charge in [-0.15, -0.1) is 0 Å². The summed E-state index contributed by atoms with van der Waals surface area (Å²) in [6, 6.07) is 1.69. The van der Waals surface area contributed by atoms with Crippen molar-refractivity contribution in [2.24, 2.45) is 0 Å². The van der Waals surface area contributed by atoms with E-state index >= 15 is 0 Å². The fraction of sp³-hybridized carbons (Fsp3) is 0.538. The van der Waals surface area contributed by atoms with Crippen LogP contribution in [0.25, 0.3) is 0 Å². The highest BCUT2D eigenvalue weighted by Gasteiger charge is 2.19. The highest BCUT2D eigenvalue weighted by molar-refractivity contribution is 5.94. The van der Waals surface area contributed by atoms with Crippen LogP contribution in [0.5, 0.6) is 0 Å². The molecule has 98 valence electrons. The number of nitrogens with zero attached hydrogens (tertiary/aromatic N) is 2.